The maximum atomic E-state index is 11.8. The molecule has 0 spiro atoms. The van der Waals surface area contributed by atoms with E-state index in [4.69, 9.17) is 4.42 Å². The number of aromatic nitrogens is 1. The molecule has 0 saturated heterocycles. The number of thiazole rings is 1. The molecule has 0 atom stereocenters. The number of guanidine groups is 1. The number of likely N-dealkylation sites (N-methyl/N-ethyl adjacent to an activating group) is 1. The summed E-state index contributed by atoms with van der Waals surface area (Å²) in [5.74, 6) is 1.55. The molecule has 0 aliphatic rings. The predicted octanol–water partition coefficient (Wildman–Crippen LogP) is 1.75. The van der Waals surface area contributed by atoms with E-state index in [1.54, 1.807) is 31.7 Å². The first-order chi connectivity index (χ1) is 12.0. The third-order valence-electron chi connectivity index (χ3n) is 3.52. The molecule has 0 bridgehead atoms. The van der Waals surface area contributed by atoms with E-state index in [-0.39, 0.29) is 12.5 Å². The van der Waals surface area contributed by atoms with Crippen LogP contribution < -0.4 is 5.32 Å². The molecule has 0 aromatic carbocycles. The molecule has 136 valence electrons. The Morgan fingerprint density at radius 3 is 2.80 bits per heavy atom. The number of aliphatic imine (C=N–C) groups is 1. The van der Waals surface area contributed by atoms with Gasteiger partial charge in [-0.15, -0.1) is 11.3 Å². The fourth-order valence-corrected chi connectivity index (χ4v) is 2.75. The van der Waals surface area contributed by atoms with Gasteiger partial charge in [-0.1, -0.05) is 0 Å². The van der Waals surface area contributed by atoms with Gasteiger partial charge in [-0.3, -0.25) is 4.79 Å². The minimum absolute atomic E-state index is 0.0387. The Balaban J connectivity index is 1.98. The van der Waals surface area contributed by atoms with Crippen LogP contribution in [0.3, 0.4) is 0 Å². The van der Waals surface area contributed by atoms with Crippen LogP contribution in [0.2, 0.25) is 0 Å². The number of nitrogens with one attached hydrogen (secondary N) is 1. The Morgan fingerprint density at radius 1 is 1.40 bits per heavy atom. The molecular weight excluding hydrogens is 338 g/mol. The van der Waals surface area contributed by atoms with Gasteiger partial charge in [0, 0.05) is 39.5 Å². The number of rotatable bonds is 7. The Hall–Kier alpha value is -2.35. The first-order valence-electron chi connectivity index (χ1n) is 8.08. The van der Waals surface area contributed by atoms with Crippen LogP contribution in [0.1, 0.15) is 16.5 Å². The lowest BCUT2D eigenvalue weighted by atomic mass is 10.3. The maximum absolute atomic E-state index is 11.8. The van der Waals surface area contributed by atoms with Gasteiger partial charge in [0.15, 0.2) is 5.96 Å². The van der Waals surface area contributed by atoms with Crippen molar-refractivity contribution in [2.75, 3.05) is 34.2 Å². The van der Waals surface area contributed by atoms with Crippen LogP contribution in [-0.2, 0) is 17.8 Å². The van der Waals surface area contributed by atoms with Crippen molar-refractivity contribution in [3.63, 3.8) is 0 Å². The van der Waals surface area contributed by atoms with Crippen LogP contribution in [0.4, 0.5) is 0 Å². The van der Waals surface area contributed by atoms with Gasteiger partial charge >= 0.3 is 0 Å². The summed E-state index contributed by atoms with van der Waals surface area (Å²) in [6, 6.07) is 3.81. The summed E-state index contributed by atoms with van der Waals surface area (Å²) >= 11 is 1.63. The Labute approximate surface area is 152 Å². The van der Waals surface area contributed by atoms with Gasteiger partial charge in [0.05, 0.1) is 23.5 Å². The molecule has 2 aromatic rings. The fourth-order valence-electron chi connectivity index (χ4n) is 2.15. The molecule has 0 aliphatic carbocycles. The molecule has 1 amide bonds. The smallest absolute Gasteiger partial charge is 0.243 e. The van der Waals surface area contributed by atoms with E-state index >= 15 is 0 Å². The third-order valence-corrected chi connectivity index (χ3v) is 4.35. The number of hydrogen-bond acceptors (Lipinski definition) is 5. The lowest BCUT2D eigenvalue weighted by Gasteiger charge is -2.22. The summed E-state index contributed by atoms with van der Waals surface area (Å²) in [6.07, 6.45) is 2.41. The monoisotopic (exact) mass is 363 g/mol. The average molecular weight is 363 g/mol. The number of hydrogen-bond donors (Lipinski definition) is 1. The van der Waals surface area contributed by atoms with Crippen molar-refractivity contribution < 1.29 is 9.21 Å². The molecule has 7 nitrogen and oxygen atoms in total. The van der Waals surface area contributed by atoms with Gasteiger partial charge in [-0.25, -0.2) is 9.98 Å². The number of amides is 1. The Morgan fingerprint density at radius 2 is 2.20 bits per heavy atom. The van der Waals surface area contributed by atoms with E-state index in [1.807, 2.05) is 36.4 Å². The average Bonchev–Trinajstić information content (AvgIpc) is 3.21. The zero-order valence-corrected chi connectivity index (χ0v) is 16.0. The molecule has 0 unspecified atom stereocenters. The van der Waals surface area contributed by atoms with Crippen molar-refractivity contribution in [3.8, 4) is 0 Å². The lowest BCUT2D eigenvalue weighted by molar-refractivity contribution is -0.127. The largest absolute Gasteiger partial charge is 0.469 e. The van der Waals surface area contributed by atoms with Gasteiger partial charge in [-0.05, 0) is 19.1 Å². The lowest BCUT2D eigenvalue weighted by Crippen LogP contribution is -2.40. The zero-order valence-electron chi connectivity index (χ0n) is 15.2. The first-order valence-corrected chi connectivity index (χ1v) is 8.96. The Kier molecular flexibility index (Phi) is 7.00. The highest BCUT2D eigenvalue weighted by molar-refractivity contribution is 7.09. The van der Waals surface area contributed by atoms with E-state index in [9.17, 15) is 4.79 Å². The molecule has 2 heterocycles. The summed E-state index contributed by atoms with van der Waals surface area (Å²) in [7, 11) is 5.39. The quantitative estimate of drug-likeness (QED) is 0.599. The SMILES string of the molecule is Cc1nc(CN(C)C(=NCC(=O)N(C)C)NCCc2ccco2)cs1. The molecule has 2 rings (SSSR count). The van der Waals surface area contributed by atoms with Crippen LogP contribution in [0.25, 0.3) is 0 Å². The second-order valence-electron chi connectivity index (χ2n) is 5.90. The molecule has 25 heavy (non-hydrogen) atoms. The minimum atomic E-state index is -0.0387. The van der Waals surface area contributed by atoms with Gasteiger partial charge in [0.25, 0.3) is 0 Å². The van der Waals surface area contributed by atoms with Gasteiger partial charge in [0.2, 0.25) is 5.91 Å². The summed E-state index contributed by atoms with van der Waals surface area (Å²) in [6.45, 7) is 3.40. The van der Waals surface area contributed by atoms with Crippen LogP contribution >= 0.6 is 11.3 Å². The molecule has 1 N–H and O–H groups in total. The van der Waals surface area contributed by atoms with Crippen molar-refractivity contribution in [3.05, 3.63) is 40.2 Å². The number of furan rings is 1. The van der Waals surface area contributed by atoms with Crippen molar-refractivity contribution in [2.24, 2.45) is 4.99 Å². The van der Waals surface area contributed by atoms with E-state index in [0.29, 0.717) is 19.0 Å². The van der Waals surface area contributed by atoms with E-state index in [1.165, 1.54) is 4.90 Å². The normalized spacial score (nSPS) is 11.4. The van der Waals surface area contributed by atoms with Crippen LogP contribution in [-0.4, -0.2) is 60.9 Å². The van der Waals surface area contributed by atoms with Gasteiger partial charge in [0.1, 0.15) is 12.3 Å². The van der Waals surface area contributed by atoms with Crippen LogP contribution in [0.5, 0.6) is 0 Å². The third kappa shape index (κ3) is 6.22. The van der Waals surface area contributed by atoms with Crippen LogP contribution in [0.15, 0.2) is 33.2 Å². The maximum Gasteiger partial charge on any atom is 0.243 e. The van der Waals surface area contributed by atoms with Gasteiger partial charge < -0.3 is 19.5 Å². The summed E-state index contributed by atoms with van der Waals surface area (Å²) in [5.41, 5.74) is 0.990. The molecule has 0 fully saturated rings. The molecule has 0 saturated carbocycles. The highest BCUT2D eigenvalue weighted by Gasteiger charge is 2.11. The molecule has 0 aliphatic heterocycles. The zero-order chi connectivity index (χ0) is 18.2. The topological polar surface area (TPSA) is 74.0 Å². The van der Waals surface area contributed by atoms with Crippen LogP contribution in [0, 0.1) is 6.92 Å². The summed E-state index contributed by atoms with van der Waals surface area (Å²) < 4.78 is 5.34. The van der Waals surface area contributed by atoms with Gasteiger partial charge in [-0.2, -0.15) is 0 Å². The Bertz CT molecular complexity index is 694. The highest BCUT2D eigenvalue weighted by atomic mass is 32.1. The number of aryl methyl sites for hydroxylation is 1. The molecule has 2 aromatic heterocycles. The van der Waals surface area contributed by atoms with E-state index in [0.717, 1.165) is 22.9 Å². The minimum Gasteiger partial charge on any atom is -0.469 e. The summed E-state index contributed by atoms with van der Waals surface area (Å²) in [4.78, 5) is 24.3. The molecule has 0 radical (unpaired) electrons. The number of carbonyl (C=O) groups is 1. The first kappa shape index (κ1) is 19.0. The van der Waals surface area contributed by atoms with Crippen molar-refractivity contribution in [1.29, 1.82) is 0 Å². The molecule has 8 heteroatoms. The van der Waals surface area contributed by atoms with Crippen molar-refractivity contribution in [2.45, 2.75) is 19.9 Å². The van der Waals surface area contributed by atoms with E-state index in [2.05, 4.69) is 15.3 Å². The second-order valence-corrected chi connectivity index (χ2v) is 6.96. The summed E-state index contributed by atoms with van der Waals surface area (Å²) in [5, 5.41) is 6.38. The van der Waals surface area contributed by atoms with Crippen molar-refractivity contribution >= 4 is 23.2 Å². The number of carbonyl (C=O) groups excluding carboxylic acids is 1. The number of nitrogens with zero attached hydrogens (tertiary/aromatic N) is 4. The van der Waals surface area contributed by atoms with E-state index < -0.39 is 0 Å². The van der Waals surface area contributed by atoms with Crippen molar-refractivity contribution in [1.82, 2.24) is 20.1 Å². The standard InChI is InChI=1S/C17H25N5O2S/c1-13-20-14(12-25-13)11-22(4)17(19-10-16(23)21(2)3)18-8-7-15-6-5-9-24-15/h5-6,9,12H,7-8,10-11H2,1-4H3,(H,18,19). The second kappa shape index (κ2) is 9.22. The highest BCUT2D eigenvalue weighted by Crippen LogP contribution is 2.10. The predicted molar refractivity (Wildman–Crippen MR) is 99.7 cm³/mol. The molecular formula is C17H25N5O2S. The fraction of sp³-hybridized carbons (Fsp3) is 0.471.